The van der Waals surface area contributed by atoms with Crippen LogP contribution in [-0.4, -0.2) is 19.6 Å². The summed E-state index contributed by atoms with van der Waals surface area (Å²) in [4.78, 5) is 0. The fraction of sp³-hybridized carbons (Fsp3) is 0.571. The van der Waals surface area contributed by atoms with Gasteiger partial charge in [-0.25, -0.2) is 0 Å². The molecule has 0 spiro atoms. The number of nitrogens with one attached hydrogen (secondary N) is 1. The average molecular weight is 276 g/mol. The normalized spacial score (nSPS) is 13.1. The van der Waals surface area contributed by atoms with Gasteiger partial charge in [-0.2, -0.15) is 10.2 Å². The highest BCUT2D eigenvalue weighted by Crippen LogP contribution is 2.18. The maximum absolute atomic E-state index is 5.71. The SMILES string of the molecule is CCc1cc(C(Cc2ccn(C(C)C)n2)NN)n(C)n1. The molecule has 0 aliphatic carbocycles. The molecule has 110 valence electrons. The number of nitrogens with two attached hydrogens (primary N) is 1. The zero-order valence-corrected chi connectivity index (χ0v) is 12.7. The molecule has 0 bridgehead atoms. The van der Waals surface area contributed by atoms with Crippen LogP contribution in [0.25, 0.3) is 0 Å². The van der Waals surface area contributed by atoms with E-state index in [0.717, 1.165) is 29.9 Å². The Hall–Kier alpha value is -1.66. The van der Waals surface area contributed by atoms with E-state index in [1.54, 1.807) is 0 Å². The molecule has 0 aromatic carbocycles. The van der Waals surface area contributed by atoms with Gasteiger partial charge in [0, 0.05) is 25.7 Å². The molecule has 2 aromatic rings. The van der Waals surface area contributed by atoms with Crippen LogP contribution in [0.4, 0.5) is 0 Å². The Bertz CT molecular complexity index is 554. The second kappa shape index (κ2) is 6.19. The van der Waals surface area contributed by atoms with E-state index >= 15 is 0 Å². The molecule has 1 atom stereocenters. The molecule has 0 fully saturated rings. The van der Waals surface area contributed by atoms with Crippen LogP contribution in [0.15, 0.2) is 18.3 Å². The molecule has 1 unspecified atom stereocenters. The lowest BCUT2D eigenvalue weighted by Crippen LogP contribution is -2.31. The Labute approximate surface area is 119 Å². The smallest absolute Gasteiger partial charge is 0.0685 e. The van der Waals surface area contributed by atoms with Gasteiger partial charge in [0.15, 0.2) is 0 Å². The van der Waals surface area contributed by atoms with Gasteiger partial charge in [-0.05, 0) is 32.4 Å². The summed E-state index contributed by atoms with van der Waals surface area (Å²) >= 11 is 0. The van der Waals surface area contributed by atoms with Crippen LogP contribution in [0.1, 0.15) is 49.9 Å². The summed E-state index contributed by atoms with van der Waals surface area (Å²) in [6, 6.07) is 4.53. The zero-order chi connectivity index (χ0) is 14.7. The summed E-state index contributed by atoms with van der Waals surface area (Å²) in [5, 5.41) is 9.04. The highest BCUT2D eigenvalue weighted by molar-refractivity contribution is 5.16. The predicted molar refractivity (Wildman–Crippen MR) is 79.0 cm³/mol. The molecule has 0 aliphatic rings. The predicted octanol–water partition coefficient (Wildman–Crippen LogP) is 1.51. The topological polar surface area (TPSA) is 73.7 Å². The summed E-state index contributed by atoms with van der Waals surface area (Å²) in [6.07, 6.45) is 3.68. The molecule has 20 heavy (non-hydrogen) atoms. The van der Waals surface area contributed by atoms with E-state index in [0.29, 0.717) is 6.04 Å². The molecule has 3 N–H and O–H groups in total. The van der Waals surface area contributed by atoms with E-state index in [1.807, 2.05) is 28.7 Å². The molecule has 6 heteroatoms. The van der Waals surface area contributed by atoms with Crippen molar-refractivity contribution in [2.24, 2.45) is 12.9 Å². The van der Waals surface area contributed by atoms with Crippen molar-refractivity contribution in [1.82, 2.24) is 25.0 Å². The Morgan fingerprint density at radius 3 is 2.55 bits per heavy atom. The monoisotopic (exact) mass is 276 g/mol. The van der Waals surface area contributed by atoms with Crippen LogP contribution in [0, 0.1) is 0 Å². The van der Waals surface area contributed by atoms with E-state index in [1.165, 1.54) is 0 Å². The van der Waals surface area contributed by atoms with Crippen molar-refractivity contribution in [3.05, 3.63) is 35.4 Å². The average Bonchev–Trinajstić information content (AvgIpc) is 3.02. The van der Waals surface area contributed by atoms with Crippen molar-refractivity contribution in [3.63, 3.8) is 0 Å². The van der Waals surface area contributed by atoms with Crippen LogP contribution < -0.4 is 11.3 Å². The third kappa shape index (κ3) is 3.08. The Balaban J connectivity index is 2.17. The van der Waals surface area contributed by atoms with Crippen molar-refractivity contribution in [2.75, 3.05) is 0 Å². The van der Waals surface area contributed by atoms with Gasteiger partial charge in [0.2, 0.25) is 0 Å². The van der Waals surface area contributed by atoms with E-state index in [4.69, 9.17) is 5.84 Å². The minimum atomic E-state index is 0.0170. The fourth-order valence-corrected chi connectivity index (χ4v) is 2.27. The molecule has 0 saturated heterocycles. The molecular formula is C14H24N6. The summed E-state index contributed by atoms with van der Waals surface area (Å²) < 4.78 is 3.85. The number of aryl methyl sites for hydroxylation is 2. The molecule has 2 aromatic heterocycles. The summed E-state index contributed by atoms with van der Waals surface area (Å²) in [5.74, 6) is 5.71. The van der Waals surface area contributed by atoms with Gasteiger partial charge in [-0.3, -0.25) is 20.6 Å². The number of hydrogen-bond acceptors (Lipinski definition) is 4. The van der Waals surface area contributed by atoms with Gasteiger partial charge >= 0.3 is 0 Å². The van der Waals surface area contributed by atoms with Crippen LogP contribution in [0.3, 0.4) is 0 Å². The minimum absolute atomic E-state index is 0.0170. The van der Waals surface area contributed by atoms with Gasteiger partial charge in [0.05, 0.1) is 23.1 Å². The number of aromatic nitrogens is 4. The summed E-state index contributed by atoms with van der Waals surface area (Å²) in [5.41, 5.74) is 6.07. The third-order valence-electron chi connectivity index (χ3n) is 3.49. The van der Waals surface area contributed by atoms with Crippen LogP contribution in [-0.2, 0) is 19.9 Å². The van der Waals surface area contributed by atoms with Gasteiger partial charge < -0.3 is 0 Å². The number of hydrogen-bond donors (Lipinski definition) is 2. The lowest BCUT2D eigenvalue weighted by Gasteiger charge is -2.15. The standard InChI is InChI=1S/C14H24N6/c1-5-11-9-14(19(4)17-11)13(16-15)8-12-6-7-20(18-12)10(2)3/h6-7,9-10,13,16H,5,8,15H2,1-4H3. The molecule has 2 heterocycles. The van der Waals surface area contributed by atoms with Crippen LogP contribution in [0.5, 0.6) is 0 Å². The van der Waals surface area contributed by atoms with E-state index < -0.39 is 0 Å². The first-order valence-corrected chi connectivity index (χ1v) is 7.08. The largest absolute Gasteiger partial charge is 0.271 e. The van der Waals surface area contributed by atoms with Crippen molar-refractivity contribution in [2.45, 2.75) is 45.7 Å². The molecule has 6 nitrogen and oxygen atoms in total. The van der Waals surface area contributed by atoms with Gasteiger partial charge in [-0.15, -0.1) is 0 Å². The van der Waals surface area contributed by atoms with E-state index in [2.05, 4.69) is 42.5 Å². The number of hydrazine groups is 1. The first kappa shape index (κ1) is 14.7. The maximum Gasteiger partial charge on any atom is 0.0685 e. The van der Waals surface area contributed by atoms with Crippen molar-refractivity contribution >= 4 is 0 Å². The van der Waals surface area contributed by atoms with E-state index in [9.17, 15) is 0 Å². The van der Waals surface area contributed by atoms with E-state index in [-0.39, 0.29) is 6.04 Å². The summed E-state index contributed by atoms with van der Waals surface area (Å²) in [7, 11) is 1.95. The molecule has 0 aliphatic heterocycles. The van der Waals surface area contributed by atoms with Gasteiger partial charge in [0.25, 0.3) is 0 Å². The van der Waals surface area contributed by atoms with Crippen LogP contribution >= 0.6 is 0 Å². The summed E-state index contributed by atoms with van der Waals surface area (Å²) in [6.45, 7) is 6.33. The third-order valence-corrected chi connectivity index (χ3v) is 3.49. The highest BCUT2D eigenvalue weighted by Gasteiger charge is 2.17. The zero-order valence-electron chi connectivity index (χ0n) is 12.7. The second-order valence-corrected chi connectivity index (χ2v) is 5.34. The fourth-order valence-electron chi connectivity index (χ4n) is 2.27. The van der Waals surface area contributed by atoms with Crippen LogP contribution in [0.2, 0.25) is 0 Å². The van der Waals surface area contributed by atoms with Crippen molar-refractivity contribution < 1.29 is 0 Å². The molecule has 0 radical (unpaired) electrons. The Morgan fingerprint density at radius 2 is 2.05 bits per heavy atom. The Morgan fingerprint density at radius 1 is 1.30 bits per heavy atom. The molecule has 2 rings (SSSR count). The first-order chi connectivity index (χ1) is 9.55. The highest BCUT2D eigenvalue weighted by atomic mass is 15.3. The molecular weight excluding hydrogens is 252 g/mol. The number of nitrogens with zero attached hydrogens (tertiary/aromatic N) is 4. The lowest BCUT2D eigenvalue weighted by atomic mass is 10.1. The molecule has 0 saturated carbocycles. The van der Waals surface area contributed by atoms with Crippen molar-refractivity contribution in [3.8, 4) is 0 Å². The maximum atomic E-state index is 5.71. The molecule has 0 amide bonds. The Kier molecular flexibility index (Phi) is 4.57. The number of rotatable bonds is 6. The first-order valence-electron chi connectivity index (χ1n) is 7.08. The minimum Gasteiger partial charge on any atom is -0.271 e. The second-order valence-electron chi connectivity index (χ2n) is 5.34. The quantitative estimate of drug-likeness (QED) is 0.619. The van der Waals surface area contributed by atoms with Crippen molar-refractivity contribution in [1.29, 1.82) is 0 Å². The van der Waals surface area contributed by atoms with Gasteiger partial charge in [-0.1, -0.05) is 6.92 Å². The lowest BCUT2D eigenvalue weighted by molar-refractivity contribution is 0.487. The van der Waals surface area contributed by atoms with Gasteiger partial charge in [0.1, 0.15) is 0 Å².